The van der Waals surface area contributed by atoms with Gasteiger partial charge in [0, 0.05) is 5.92 Å². The lowest BCUT2D eigenvalue weighted by molar-refractivity contribution is -0.148. The van der Waals surface area contributed by atoms with Crippen LogP contribution in [0.2, 0.25) is 0 Å². The number of ether oxygens (including phenoxy) is 2. The molecule has 0 aromatic heterocycles. The molecule has 0 aromatic rings. The summed E-state index contributed by atoms with van der Waals surface area (Å²) in [5.74, 6) is -1.94. The van der Waals surface area contributed by atoms with Crippen LogP contribution in [0.25, 0.3) is 0 Å². The van der Waals surface area contributed by atoms with E-state index in [1.165, 1.54) is 0 Å². The summed E-state index contributed by atoms with van der Waals surface area (Å²) in [6.07, 6.45) is 1.75. The number of aliphatic hydroxyl groups is 1. The van der Waals surface area contributed by atoms with Crippen molar-refractivity contribution in [2.75, 3.05) is 6.61 Å². The molecule has 0 saturated heterocycles. The average molecular weight is 311 g/mol. The number of carbonyl (C=O) groups is 3. The zero-order valence-corrected chi connectivity index (χ0v) is 12.5. The van der Waals surface area contributed by atoms with E-state index in [9.17, 15) is 19.5 Å². The molecule has 0 bridgehead atoms. The van der Waals surface area contributed by atoms with Gasteiger partial charge >= 0.3 is 18.0 Å². The van der Waals surface area contributed by atoms with E-state index in [0.29, 0.717) is 25.7 Å². The molecule has 122 valence electrons. The van der Waals surface area contributed by atoms with Crippen LogP contribution in [-0.4, -0.2) is 41.4 Å². The van der Waals surface area contributed by atoms with Crippen LogP contribution in [0, 0.1) is 11.8 Å². The first-order chi connectivity index (χ1) is 10.4. The zero-order valence-electron chi connectivity index (χ0n) is 12.5. The molecule has 0 aromatic carbocycles. The first-order valence-electron chi connectivity index (χ1n) is 7.44. The van der Waals surface area contributed by atoms with E-state index in [1.807, 2.05) is 0 Å². The Morgan fingerprint density at radius 1 is 1.41 bits per heavy atom. The number of aliphatic hydroxyl groups excluding tert-OH is 1. The fourth-order valence-corrected chi connectivity index (χ4v) is 2.82. The van der Waals surface area contributed by atoms with Gasteiger partial charge in [0.05, 0.1) is 18.6 Å². The van der Waals surface area contributed by atoms with Crippen molar-refractivity contribution in [2.45, 2.75) is 44.2 Å². The van der Waals surface area contributed by atoms with Gasteiger partial charge in [-0.15, -0.1) is 6.58 Å². The van der Waals surface area contributed by atoms with Crippen molar-refractivity contribution in [3.63, 3.8) is 0 Å². The molecule has 1 amide bonds. The Bertz CT molecular complexity index is 490. The molecule has 22 heavy (non-hydrogen) atoms. The third-order valence-electron chi connectivity index (χ3n) is 4.20. The van der Waals surface area contributed by atoms with Gasteiger partial charge in [-0.2, -0.15) is 0 Å². The van der Waals surface area contributed by atoms with Crippen molar-refractivity contribution < 1.29 is 29.0 Å². The lowest BCUT2D eigenvalue weighted by Crippen LogP contribution is -2.46. The average Bonchev–Trinajstić information content (AvgIpc) is 3.00. The maximum atomic E-state index is 12.0. The summed E-state index contributed by atoms with van der Waals surface area (Å²) in [5.41, 5.74) is -1.18. The Kier molecular flexibility index (Phi) is 4.85. The molecule has 0 aliphatic heterocycles. The molecule has 0 radical (unpaired) electrons. The van der Waals surface area contributed by atoms with Crippen molar-refractivity contribution in [1.82, 2.24) is 5.32 Å². The number of rotatable bonds is 5. The maximum Gasteiger partial charge on any atom is 0.415 e. The largest absolute Gasteiger partial charge is 0.464 e. The molecule has 2 saturated carbocycles. The van der Waals surface area contributed by atoms with Crippen LogP contribution in [0.3, 0.4) is 0 Å². The molecule has 7 nitrogen and oxygen atoms in total. The van der Waals surface area contributed by atoms with Crippen molar-refractivity contribution in [1.29, 1.82) is 0 Å². The summed E-state index contributed by atoms with van der Waals surface area (Å²) in [4.78, 5) is 35.6. The minimum Gasteiger partial charge on any atom is -0.464 e. The highest BCUT2D eigenvalue weighted by Crippen LogP contribution is 2.45. The highest BCUT2D eigenvalue weighted by atomic mass is 16.6. The summed E-state index contributed by atoms with van der Waals surface area (Å²) < 4.78 is 9.68. The van der Waals surface area contributed by atoms with E-state index in [1.54, 1.807) is 13.0 Å². The smallest absolute Gasteiger partial charge is 0.415 e. The minimum atomic E-state index is -1.18. The molecule has 0 heterocycles. The van der Waals surface area contributed by atoms with Crippen LogP contribution >= 0.6 is 0 Å². The summed E-state index contributed by atoms with van der Waals surface area (Å²) in [5, 5.41) is 11.8. The molecule has 2 aliphatic rings. The quantitative estimate of drug-likeness (QED) is 0.444. The van der Waals surface area contributed by atoms with Crippen molar-refractivity contribution in [3.8, 4) is 0 Å². The molecular weight excluding hydrogens is 290 g/mol. The van der Waals surface area contributed by atoms with Gasteiger partial charge in [0.15, 0.2) is 0 Å². The second kappa shape index (κ2) is 6.48. The molecule has 2 N–H and O–H groups in total. The number of hydrogen-bond donors (Lipinski definition) is 2. The first kappa shape index (κ1) is 16.5. The van der Waals surface area contributed by atoms with E-state index in [-0.39, 0.29) is 12.5 Å². The number of amides is 1. The van der Waals surface area contributed by atoms with Gasteiger partial charge < -0.3 is 19.9 Å². The summed E-state index contributed by atoms with van der Waals surface area (Å²) in [6.45, 7) is 5.47. The van der Waals surface area contributed by atoms with Crippen LogP contribution in [0.15, 0.2) is 12.7 Å². The van der Waals surface area contributed by atoms with Gasteiger partial charge in [-0.05, 0) is 32.6 Å². The highest BCUT2D eigenvalue weighted by molar-refractivity contribution is 5.93. The Morgan fingerprint density at radius 3 is 2.64 bits per heavy atom. The Hall–Kier alpha value is -1.89. The van der Waals surface area contributed by atoms with Crippen molar-refractivity contribution in [2.24, 2.45) is 11.8 Å². The van der Waals surface area contributed by atoms with Gasteiger partial charge in [0.1, 0.15) is 5.54 Å². The molecular formula is C15H21NO6. The van der Waals surface area contributed by atoms with E-state index < -0.39 is 35.6 Å². The number of alkyl carbamates (subject to hydrolysis) is 1. The van der Waals surface area contributed by atoms with E-state index in [0.717, 1.165) is 0 Å². The van der Waals surface area contributed by atoms with Gasteiger partial charge in [0.2, 0.25) is 0 Å². The minimum absolute atomic E-state index is 0.195. The number of nitrogens with one attached hydrogen (secondary N) is 1. The maximum absolute atomic E-state index is 12.0. The van der Waals surface area contributed by atoms with Crippen LogP contribution in [0.4, 0.5) is 4.79 Å². The monoisotopic (exact) mass is 311 g/mol. The zero-order chi connectivity index (χ0) is 16.3. The molecule has 0 spiro atoms. The summed E-state index contributed by atoms with van der Waals surface area (Å²) in [6, 6.07) is 0. The third-order valence-corrected chi connectivity index (χ3v) is 4.20. The summed E-state index contributed by atoms with van der Waals surface area (Å²) in [7, 11) is 0. The Balaban J connectivity index is 1.91. The molecule has 2 aliphatic carbocycles. The molecule has 7 heteroatoms. The summed E-state index contributed by atoms with van der Waals surface area (Å²) >= 11 is 0. The van der Waals surface area contributed by atoms with E-state index >= 15 is 0 Å². The lowest BCUT2D eigenvalue weighted by atomic mass is 10.1. The lowest BCUT2D eigenvalue weighted by Gasteiger charge is -2.17. The predicted molar refractivity (Wildman–Crippen MR) is 75.6 cm³/mol. The molecule has 4 atom stereocenters. The second-order valence-electron chi connectivity index (χ2n) is 5.74. The standard InChI is InChI=1S/C15H21NO6/c1-3-10-8-15(10,13(19)21-4-2)16-14(20)22-12(18)9-5-6-11(17)7-9/h3,9-11,17H,1,4-8H2,2H3,(H,16,20). The Morgan fingerprint density at radius 2 is 2.14 bits per heavy atom. The molecule has 2 rings (SSSR count). The normalized spacial score (nSPS) is 32.9. The van der Waals surface area contributed by atoms with Gasteiger partial charge in [-0.3, -0.25) is 4.79 Å². The van der Waals surface area contributed by atoms with Gasteiger partial charge in [0.25, 0.3) is 0 Å². The molecule has 2 fully saturated rings. The SMILES string of the molecule is C=CC1CC1(NC(=O)OC(=O)C1CCC(O)C1)C(=O)OCC. The predicted octanol–water partition coefficient (Wildman–Crippen LogP) is 0.908. The number of hydrogen-bond acceptors (Lipinski definition) is 6. The Labute approximate surface area is 128 Å². The third kappa shape index (κ3) is 3.30. The van der Waals surface area contributed by atoms with Crippen LogP contribution in [0.1, 0.15) is 32.6 Å². The van der Waals surface area contributed by atoms with Crippen LogP contribution in [-0.2, 0) is 19.1 Å². The van der Waals surface area contributed by atoms with Crippen LogP contribution in [0.5, 0.6) is 0 Å². The first-order valence-corrected chi connectivity index (χ1v) is 7.44. The van der Waals surface area contributed by atoms with E-state index in [4.69, 9.17) is 9.47 Å². The molecule has 4 unspecified atom stereocenters. The second-order valence-corrected chi connectivity index (χ2v) is 5.74. The van der Waals surface area contributed by atoms with Crippen molar-refractivity contribution >= 4 is 18.0 Å². The number of carbonyl (C=O) groups excluding carboxylic acids is 3. The fourth-order valence-electron chi connectivity index (χ4n) is 2.82. The van der Waals surface area contributed by atoms with Crippen LogP contribution < -0.4 is 5.32 Å². The highest BCUT2D eigenvalue weighted by Gasteiger charge is 2.61. The fraction of sp³-hybridized carbons (Fsp3) is 0.667. The van der Waals surface area contributed by atoms with Crippen molar-refractivity contribution in [3.05, 3.63) is 12.7 Å². The van der Waals surface area contributed by atoms with Gasteiger partial charge in [-0.1, -0.05) is 6.08 Å². The number of esters is 2. The topological polar surface area (TPSA) is 102 Å². The van der Waals surface area contributed by atoms with Gasteiger partial charge in [-0.25, -0.2) is 9.59 Å². The van der Waals surface area contributed by atoms with E-state index in [2.05, 4.69) is 11.9 Å².